The van der Waals surface area contributed by atoms with E-state index >= 15 is 0 Å². The molecule has 0 unspecified atom stereocenters. The monoisotopic (exact) mass is 372 g/mol. The van der Waals surface area contributed by atoms with Crippen LogP contribution in [0.2, 0.25) is 0 Å². The highest BCUT2D eigenvalue weighted by Crippen LogP contribution is 2.27. The molecular weight excluding hydrogens is 344 g/mol. The van der Waals surface area contributed by atoms with E-state index in [0.29, 0.717) is 12.1 Å². The molecule has 1 aromatic carbocycles. The third-order valence-electron chi connectivity index (χ3n) is 6.30. The first-order chi connectivity index (χ1) is 13.9. The normalized spacial score (nSPS) is 20.4. The number of benzene rings is 1. The molecular formula is C24H28N4. The highest BCUT2D eigenvalue weighted by atomic mass is 15.2. The van der Waals surface area contributed by atoms with Gasteiger partial charge in [-0.1, -0.05) is 30.3 Å². The van der Waals surface area contributed by atoms with Crippen molar-refractivity contribution in [3.63, 3.8) is 0 Å². The van der Waals surface area contributed by atoms with Gasteiger partial charge in [0.2, 0.25) is 0 Å². The van der Waals surface area contributed by atoms with Crippen LogP contribution in [0.5, 0.6) is 0 Å². The van der Waals surface area contributed by atoms with Crippen LogP contribution >= 0.6 is 0 Å². The van der Waals surface area contributed by atoms with Crippen LogP contribution in [0.15, 0.2) is 67.0 Å². The first-order valence-electron chi connectivity index (χ1n) is 10.5. The molecule has 1 fully saturated rings. The maximum absolute atomic E-state index is 4.49. The van der Waals surface area contributed by atoms with E-state index in [1.54, 1.807) is 11.1 Å². The summed E-state index contributed by atoms with van der Waals surface area (Å²) in [5.41, 5.74) is 4.37. The first kappa shape index (κ1) is 17.7. The van der Waals surface area contributed by atoms with Crippen LogP contribution in [0.1, 0.15) is 29.7 Å². The lowest BCUT2D eigenvalue weighted by Crippen LogP contribution is -2.49. The Bertz CT molecular complexity index is 892. The molecule has 4 nitrogen and oxygen atoms in total. The van der Waals surface area contributed by atoms with Crippen molar-refractivity contribution in [2.75, 3.05) is 13.1 Å². The van der Waals surface area contributed by atoms with Gasteiger partial charge in [-0.05, 0) is 67.6 Å². The summed E-state index contributed by atoms with van der Waals surface area (Å²) in [5.74, 6) is 0.985. The molecule has 2 aliphatic rings. The summed E-state index contributed by atoms with van der Waals surface area (Å²) in [6, 6.07) is 20.6. The Balaban J connectivity index is 1.20. The zero-order valence-electron chi connectivity index (χ0n) is 16.3. The Kier molecular flexibility index (Phi) is 4.98. The fraction of sp³-hybridized carbons (Fsp3) is 0.375. The Labute approximate surface area is 167 Å². The lowest BCUT2D eigenvalue weighted by molar-refractivity contribution is 0.140. The molecule has 144 valence electrons. The second-order valence-corrected chi connectivity index (χ2v) is 8.10. The van der Waals surface area contributed by atoms with Gasteiger partial charge in [0.1, 0.15) is 5.82 Å². The molecule has 0 spiro atoms. The number of nitrogens with one attached hydrogen (secondary N) is 1. The molecule has 0 amide bonds. The number of fused-ring (bicyclic) bond motifs is 1. The number of piperidine rings is 1. The van der Waals surface area contributed by atoms with Gasteiger partial charge in [0.15, 0.2) is 0 Å². The van der Waals surface area contributed by atoms with Gasteiger partial charge in [-0.3, -0.25) is 4.90 Å². The molecule has 1 atom stereocenters. The molecule has 5 rings (SSSR count). The Morgan fingerprint density at radius 3 is 2.57 bits per heavy atom. The van der Waals surface area contributed by atoms with Crippen LogP contribution in [0.25, 0.3) is 5.82 Å². The van der Waals surface area contributed by atoms with Gasteiger partial charge in [-0.15, -0.1) is 0 Å². The minimum atomic E-state index is 0.560. The number of likely N-dealkylation sites (tertiary alicyclic amines) is 1. The minimum Gasteiger partial charge on any atom is -0.307 e. The molecule has 3 heterocycles. The molecule has 0 radical (unpaired) electrons. The SMILES string of the molecule is c1ccc(-n2cccc2CN[C@H]2CCCN(C3Cc4ccccc4C3)C2)nc1. The van der Waals surface area contributed by atoms with Crippen molar-refractivity contribution < 1.29 is 0 Å². The van der Waals surface area contributed by atoms with Crippen LogP contribution in [-0.4, -0.2) is 39.6 Å². The van der Waals surface area contributed by atoms with E-state index in [0.717, 1.165) is 18.9 Å². The maximum atomic E-state index is 4.49. The van der Waals surface area contributed by atoms with E-state index in [4.69, 9.17) is 0 Å². The molecule has 2 aromatic heterocycles. The van der Waals surface area contributed by atoms with Gasteiger partial charge in [0.25, 0.3) is 0 Å². The fourth-order valence-electron chi connectivity index (χ4n) is 4.83. The number of hydrogen-bond donors (Lipinski definition) is 1. The third kappa shape index (κ3) is 3.62. The summed E-state index contributed by atoms with van der Waals surface area (Å²) >= 11 is 0. The van der Waals surface area contributed by atoms with Crippen molar-refractivity contribution in [1.29, 1.82) is 0 Å². The van der Waals surface area contributed by atoms with Crippen molar-refractivity contribution in [1.82, 2.24) is 19.8 Å². The molecule has 4 heteroatoms. The van der Waals surface area contributed by atoms with Crippen molar-refractivity contribution in [2.24, 2.45) is 0 Å². The number of nitrogens with zero attached hydrogens (tertiary/aromatic N) is 3. The summed E-state index contributed by atoms with van der Waals surface area (Å²) in [7, 11) is 0. The number of aromatic nitrogens is 2. The Hall–Kier alpha value is -2.43. The third-order valence-corrected chi connectivity index (χ3v) is 6.30. The van der Waals surface area contributed by atoms with Gasteiger partial charge in [-0.25, -0.2) is 4.98 Å². The molecule has 1 saturated heterocycles. The first-order valence-corrected chi connectivity index (χ1v) is 10.5. The summed E-state index contributed by atoms with van der Waals surface area (Å²) < 4.78 is 2.18. The van der Waals surface area contributed by atoms with E-state index in [-0.39, 0.29) is 0 Å². The smallest absolute Gasteiger partial charge is 0.136 e. The van der Waals surface area contributed by atoms with E-state index in [1.165, 1.54) is 37.9 Å². The predicted octanol–water partition coefficient (Wildman–Crippen LogP) is 3.59. The van der Waals surface area contributed by atoms with Crippen molar-refractivity contribution in [3.05, 3.63) is 83.8 Å². The highest BCUT2D eigenvalue weighted by Gasteiger charge is 2.30. The van der Waals surface area contributed by atoms with Crippen LogP contribution in [-0.2, 0) is 19.4 Å². The lowest BCUT2D eigenvalue weighted by atomic mass is 10.0. The topological polar surface area (TPSA) is 33.1 Å². The van der Waals surface area contributed by atoms with Crippen molar-refractivity contribution in [2.45, 2.75) is 44.3 Å². The van der Waals surface area contributed by atoms with E-state index in [9.17, 15) is 0 Å². The number of rotatable bonds is 5. The van der Waals surface area contributed by atoms with Crippen molar-refractivity contribution in [3.8, 4) is 5.82 Å². The zero-order valence-corrected chi connectivity index (χ0v) is 16.3. The molecule has 0 saturated carbocycles. The summed E-state index contributed by atoms with van der Waals surface area (Å²) in [6.07, 6.45) is 8.93. The van der Waals surface area contributed by atoms with Crippen LogP contribution in [0.3, 0.4) is 0 Å². The fourth-order valence-corrected chi connectivity index (χ4v) is 4.83. The molecule has 0 bridgehead atoms. The molecule has 1 aliphatic heterocycles. The van der Waals surface area contributed by atoms with E-state index in [2.05, 4.69) is 68.4 Å². The van der Waals surface area contributed by atoms with Gasteiger partial charge >= 0.3 is 0 Å². The number of pyridine rings is 1. The average Bonchev–Trinajstić information content (AvgIpc) is 3.40. The maximum Gasteiger partial charge on any atom is 0.136 e. The summed E-state index contributed by atoms with van der Waals surface area (Å²) in [5, 5.41) is 3.82. The largest absolute Gasteiger partial charge is 0.307 e. The minimum absolute atomic E-state index is 0.560. The second kappa shape index (κ2) is 7.90. The van der Waals surface area contributed by atoms with Gasteiger partial charge in [0, 0.05) is 43.3 Å². The lowest BCUT2D eigenvalue weighted by Gasteiger charge is -2.37. The predicted molar refractivity (Wildman–Crippen MR) is 113 cm³/mol. The number of hydrogen-bond acceptors (Lipinski definition) is 3. The molecule has 1 aliphatic carbocycles. The molecule has 28 heavy (non-hydrogen) atoms. The second-order valence-electron chi connectivity index (χ2n) is 8.10. The van der Waals surface area contributed by atoms with Crippen molar-refractivity contribution >= 4 is 0 Å². The molecule has 3 aromatic rings. The highest BCUT2D eigenvalue weighted by molar-refractivity contribution is 5.33. The Morgan fingerprint density at radius 2 is 1.79 bits per heavy atom. The average molecular weight is 373 g/mol. The quantitative estimate of drug-likeness (QED) is 0.743. The standard InChI is InChI=1S/C24H28N4/c1-2-8-20-16-23(15-19(20)7-1)27-13-5-9-21(18-27)26-17-22-10-6-14-28(22)24-11-3-4-12-25-24/h1-4,6-8,10-12,14,21,23,26H,5,9,13,15-18H2/t21-/m0/s1. The van der Waals surface area contributed by atoms with Gasteiger partial charge in [0.05, 0.1) is 0 Å². The summed E-state index contributed by atoms with van der Waals surface area (Å²) in [4.78, 5) is 7.21. The molecule has 1 N–H and O–H groups in total. The van der Waals surface area contributed by atoms with Gasteiger partial charge in [-0.2, -0.15) is 0 Å². The van der Waals surface area contributed by atoms with Gasteiger partial charge < -0.3 is 9.88 Å². The van der Waals surface area contributed by atoms with E-state index < -0.39 is 0 Å². The Morgan fingerprint density at radius 1 is 0.964 bits per heavy atom. The van der Waals surface area contributed by atoms with E-state index in [1.807, 2.05) is 18.3 Å². The zero-order chi connectivity index (χ0) is 18.8. The summed E-state index contributed by atoms with van der Waals surface area (Å²) in [6.45, 7) is 3.27. The van der Waals surface area contributed by atoms with Crippen LogP contribution in [0, 0.1) is 0 Å². The van der Waals surface area contributed by atoms with Crippen LogP contribution < -0.4 is 5.32 Å². The van der Waals surface area contributed by atoms with Crippen LogP contribution in [0.4, 0.5) is 0 Å².